The topological polar surface area (TPSA) is 72.5 Å². The Morgan fingerprint density at radius 2 is 2.05 bits per heavy atom. The van der Waals surface area contributed by atoms with E-state index in [1.165, 1.54) is 12.1 Å². The largest absolute Gasteiger partial charge is 0.381 e. The molecule has 0 aromatic heterocycles. The molecule has 110 valence electrons. The van der Waals surface area contributed by atoms with Crippen LogP contribution in [0.5, 0.6) is 0 Å². The number of hydrogen-bond donors (Lipinski definition) is 1. The van der Waals surface area contributed by atoms with Crippen LogP contribution in [0.25, 0.3) is 0 Å². The zero-order chi connectivity index (χ0) is 14.8. The van der Waals surface area contributed by atoms with Gasteiger partial charge in [-0.05, 0) is 31.0 Å². The monoisotopic (exact) mass is 317 g/mol. The molecule has 2 atom stereocenters. The molecule has 2 unspecified atom stereocenters. The van der Waals surface area contributed by atoms with Crippen molar-refractivity contribution in [1.82, 2.24) is 5.32 Å². The zero-order valence-electron chi connectivity index (χ0n) is 11.0. The smallest absolute Gasteiger partial charge is 0.261 e. The van der Waals surface area contributed by atoms with Gasteiger partial charge in [0.05, 0.1) is 23.5 Å². The standard InChI is InChI=1S/C13H16ClNO4S/c1-9(15-13(16)11-6-7-19-8-11)10-2-4-12(5-3-10)20(14,17)18/h2-5,9,11H,6-8H2,1H3,(H,15,16). The van der Waals surface area contributed by atoms with Crippen LogP contribution in [0.4, 0.5) is 0 Å². The Kier molecular flexibility index (Phi) is 4.67. The van der Waals surface area contributed by atoms with Crippen molar-refractivity contribution < 1.29 is 17.9 Å². The van der Waals surface area contributed by atoms with Gasteiger partial charge < -0.3 is 10.1 Å². The molecule has 1 aliphatic rings. The highest BCUT2D eigenvalue weighted by Crippen LogP contribution is 2.20. The molecule has 1 saturated heterocycles. The van der Waals surface area contributed by atoms with Crippen LogP contribution in [0.1, 0.15) is 24.9 Å². The average molecular weight is 318 g/mol. The van der Waals surface area contributed by atoms with E-state index in [2.05, 4.69) is 5.32 Å². The molecule has 1 aromatic carbocycles. The number of nitrogens with one attached hydrogen (secondary N) is 1. The lowest BCUT2D eigenvalue weighted by molar-refractivity contribution is -0.125. The second-order valence-electron chi connectivity index (χ2n) is 4.80. The van der Waals surface area contributed by atoms with Gasteiger partial charge >= 0.3 is 0 Å². The Labute approximate surface area is 122 Å². The molecule has 2 rings (SSSR count). The van der Waals surface area contributed by atoms with E-state index in [0.29, 0.717) is 13.2 Å². The van der Waals surface area contributed by atoms with E-state index >= 15 is 0 Å². The number of carbonyl (C=O) groups is 1. The van der Waals surface area contributed by atoms with Gasteiger partial charge in [0.25, 0.3) is 9.05 Å². The third kappa shape index (κ3) is 3.71. The molecular formula is C13H16ClNO4S. The van der Waals surface area contributed by atoms with Crippen LogP contribution < -0.4 is 5.32 Å². The molecule has 1 aliphatic heterocycles. The zero-order valence-corrected chi connectivity index (χ0v) is 12.6. The predicted octanol–water partition coefficient (Wildman–Crippen LogP) is 1.83. The number of rotatable bonds is 4. The van der Waals surface area contributed by atoms with Gasteiger partial charge in [0, 0.05) is 17.3 Å². The molecular weight excluding hydrogens is 302 g/mol. The first-order valence-electron chi connectivity index (χ1n) is 6.30. The fourth-order valence-electron chi connectivity index (χ4n) is 2.07. The highest BCUT2D eigenvalue weighted by atomic mass is 35.7. The van der Waals surface area contributed by atoms with E-state index in [1.54, 1.807) is 12.1 Å². The minimum atomic E-state index is -3.71. The molecule has 0 saturated carbocycles. The summed E-state index contributed by atoms with van der Waals surface area (Å²) in [5.41, 5.74) is 0.821. The van der Waals surface area contributed by atoms with Gasteiger partial charge in [-0.1, -0.05) is 12.1 Å². The summed E-state index contributed by atoms with van der Waals surface area (Å²) < 4.78 is 27.5. The molecule has 1 aromatic rings. The number of ether oxygens (including phenoxy) is 1. The molecule has 0 spiro atoms. The van der Waals surface area contributed by atoms with Gasteiger partial charge in [-0.3, -0.25) is 4.79 Å². The SMILES string of the molecule is CC(NC(=O)C1CCOC1)c1ccc(S(=O)(=O)Cl)cc1. The highest BCUT2D eigenvalue weighted by molar-refractivity contribution is 8.13. The van der Waals surface area contributed by atoms with Crippen LogP contribution in [-0.4, -0.2) is 27.5 Å². The lowest BCUT2D eigenvalue weighted by Gasteiger charge is -2.17. The Morgan fingerprint density at radius 3 is 2.55 bits per heavy atom. The van der Waals surface area contributed by atoms with E-state index < -0.39 is 9.05 Å². The number of halogens is 1. The molecule has 0 bridgehead atoms. The van der Waals surface area contributed by atoms with E-state index in [4.69, 9.17) is 15.4 Å². The van der Waals surface area contributed by atoms with Crippen LogP contribution in [0.15, 0.2) is 29.2 Å². The first-order valence-corrected chi connectivity index (χ1v) is 8.61. The summed E-state index contributed by atoms with van der Waals surface area (Å²) in [4.78, 5) is 12.0. The number of amides is 1. The average Bonchev–Trinajstić information content (AvgIpc) is 2.91. The third-order valence-electron chi connectivity index (χ3n) is 3.32. The number of hydrogen-bond acceptors (Lipinski definition) is 4. The van der Waals surface area contributed by atoms with Gasteiger partial charge in [-0.15, -0.1) is 0 Å². The quantitative estimate of drug-likeness (QED) is 0.860. The van der Waals surface area contributed by atoms with Crippen LogP contribution in [-0.2, 0) is 18.6 Å². The molecule has 0 aliphatic carbocycles. The van der Waals surface area contributed by atoms with Crippen LogP contribution in [0, 0.1) is 5.92 Å². The summed E-state index contributed by atoms with van der Waals surface area (Å²) in [6, 6.07) is 5.95. The van der Waals surface area contributed by atoms with Crippen molar-refractivity contribution in [1.29, 1.82) is 0 Å². The van der Waals surface area contributed by atoms with E-state index in [1.807, 2.05) is 6.92 Å². The van der Waals surface area contributed by atoms with Gasteiger partial charge in [0.1, 0.15) is 0 Å². The van der Waals surface area contributed by atoms with Gasteiger partial charge in [-0.2, -0.15) is 0 Å². The van der Waals surface area contributed by atoms with Crippen molar-refractivity contribution >= 4 is 25.6 Å². The van der Waals surface area contributed by atoms with Crippen molar-refractivity contribution in [2.75, 3.05) is 13.2 Å². The second-order valence-corrected chi connectivity index (χ2v) is 7.36. The Bertz CT molecular complexity index is 579. The lowest BCUT2D eigenvalue weighted by Crippen LogP contribution is -2.33. The van der Waals surface area contributed by atoms with Gasteiger partial charge in [-0.25, -0.2) is 8.42 Å². The van der Waals surface area contributed by atoms with Crippen molar-refractivity contribution in [2.45, 2.75) is 24.3 Å². The Balaban J connectivity index is 2.02. The van der Waals surface area contributed by atoms with E-state index in [0.717, 1.165) is 12.0 Å². The van der Waals surface area contributed by atoms with Crippen LogP contribution >= 0.6 is 10.7 Å². The van der Waals surface area contributed by atoms with Gasteiger partial charge in [0.15, 0.2) is 0 Å². The summed E-state index contributed by atoms with van der Waals surface area (Å²) in [7, 11) is 1.54. The molecule has 0 radical (unpaired) electrons. The summed E-state index contributed by atoms with van der Waals surface area (Å²) in [5, 5.41) is 2.89. The van der Waals surface area contributed by atoms with Crippen molar-refractivity contribution in [3.8, 4) is 0 Å². The number of benzene rings is 1. The molecule has 1 heterocycles. The predicted molar refractivity (Wildman–Crippen MR) is 75.0 cm³/mol. The summed E-state index contributed by atoms with van der Waals surface area (Å²) in [5.74, 6) is -0.135. The molecule has 1 N–H and O–H groups in total. The van der Waals surface area contributed by atoms with E-state index in [-0.39, 0.29) is 22.8 Å². The molecule has 7 heteroatoms. The minimum Gasteiger partial charge on any atom is -0.381 e. The maximum absolute atomic E-state index is 11.9. The lowest BCUT2D eigenvalue weighted by atomic mass is 10.1. The normalized spacial score (nSPS) is 20.6. The summed E-state index contributed by atoms with van der Waals surface area (Å²) in [6.07, 6.45) is 0.738. The van der Waals surface area contributed by atoms with Crippen molar-refractivity contribution in [2.24, 2.45) is 5.92 Å². The van der Waals surface area contributed by atoms with Crippen LogP contribution in [0.3, 0.4) is 0 Å². The molecule has 1 amide bonds. The summed E-state index contributed by atoms with van der Waals surface area (Å²) in [6.45, 7) is 2.93. The number of carbonyl (C=O) groups excluding carboxylic acids is 1. The fraction of sp³-hybridized carbons (Fsp3) is 0.462. The first-order chi connectivity index (χ1) is 9.38. The maximum atomic E-state index is 11.9. The Morgan fingerprint density at radius 1 is 1.40 bits per heavy atom. The van der Waals surface area contributed by atoms with Gasteiger partial charge in [0.2, 0.25) is 5.91 Å². The summed E-state index contributed by atoms with van der Waals surface area (Å²) >= 11 is 0. The first kappa shape index (κ1) is 15.3. The second kappa shape index (κ2) is 6.11. The van der Waals surface area contributed by atoms with Crippen LogP contribution in [0.2, 0.25) is 0 Å². The molecule has 20 heavy (non-hydrogen) atoms. The third-order valence-corrected chi connectivity index (χ3v) is 4.69. The fourth-order valence-corrected chi connectivity index (χ4v) is 2.84. The Hall–Kier alpha value is -1.11. The van der Waals surface area contributed by atoms with Crippen molar-refractivity contribution in [3.63, 3.8) is 0 Å². The molecule has 5 nitrogen and oxygen atoms in total. The highest BCUT2D eigenvalue weighted by Gasteiger charge is 2.24. The maximum Gasteiger partial charge on any atom is 0.261 e. The van der Waals surface area contributed by atoms with E-state index in [9.17, 15) is 13.2 Å². The minimum absolute atomic E-state index is 0.0379. The van der Waals surface area contributed by atoms with Crippen molar-refractivity contribution in [3.05, 3.63) is 29.8 Å². The molecule has 1 fully saturated rings.